The van der Waals surface area contributed by atoms with Crippen LogP contribution in [0.1, 0.15) is 33.1 Å². The normalized spacial score (nSPS) is 10.8. The molecule has 0 unspecified atom stereocenters. The Kier molecular flexibility index (Phi) is 10.7. The van der Waals surface area contributed by atoms with Crippen LogP contribution in [0.15, 0.2) is 24.3 Å². The number of hydrogen-bond acceptors (Lipinski definition) is 4. The average Bonchev–Trinajstić information content (AvgIpc) is 2.34. The Morgan fingerprint density at radius 1 is 1.32 bits per heavy atom. The number of allylic oxidation sites excluding steroid dienone is 4. The van der Waals surface area contributed by atoms with E-state index in [2.05, 4.69) is 12.2 Å². The molecule has 0 aliphatic carbocycles. The lowest BCUT2D eigenvalue weighted by Gasteiger charge is -2.06. The van der Waals surface area contributed by atoms with E-state index in [0.717, 1.165) is 12.8 Å². The summed E-state index contributed by atoms with van der Waals surface area (Å²) in [4.78, 5) is 22.1. The fourth-order valence-corrected chi connectivity index (χ4v) is 1.37. The second-order valence-electron chi connectivity index (χ2n) is 3.92. The molecule has 0 atom stereocenters. The van der Waals surface area contributed by atoms with Crippen molar-refractivity contribution in [3.8, 4) is 0 Å². The first-order chi connectivity index (χ1) is 9.06. The van der Waals surface area contributed by atoms with Gasteiger partial charge in [0.1, 0.15) is 6.61 Å². The molecule has 0 aromatic heterocycles. The Morgan fingerprint density at radius 2 is 2.05 bits per heavy atom. The summed E-state index contributed by atoms with van der Waals surface area (Å²) in [5.41, 5.74) is 0. The van der Waals surface area contributed by atoms with Crippen molar-refractivity contribution in [2.45, 2.75) is 33.1 Å². The van der Waals surface area contributed by atoms with Gasteiger partial charge in [0.2, 0.25) is 5.91 Å². The second-order valence-corrected chi connectivity index (χ2v) is 4.38. The minimum atomic E-state index is -0.118. The number of carbonyl (C=O) groups excluding carboxylic acids is 2. The summed E-state index contributed by atoms with van der Waals surface area (Å²) in [6.45, 7) is 4.19. The minimum absolute atomic E-state index is 0.0908. The quantitative estimate of drug-likeness (QED) is 0.305. The second kappa shape index (κ2) is 11.6. The largest absolute Gasteiger partial charge is 0.485 e. The third-order valence-corrected chi connectivity index (χ3v) is 2.30. The first-order valence-corrected chi connectivity index (χ1v) is 6.73. The summed E-state index contributed by atoms with van der Waals surface area (Å²) >= 11 is 4.92. The van der Waals surface area contributed by atoms with Crippen molar-refractivity contribution in [1.29, 1.82) is 0 Å². The lowest BCUT2D eigenvalue weighted by atomic mass is 10.2. The molecule has 106 valence electrons. The molecule has 0 saturated heterocycles. The van der Waals surface area contributed by atoms with Gasteiger partial charge in [0.05, 0.1) is 13.0 Å². The van der Waals surface area contributed by atoms with Crippen LogP contribution in [0, 0.1) is 0 Å². The van der Waals surface area contributed by atoms with Crippen molar-refractivity contribution < 1.29 is 14.3 Å². The van der Waals surface area contributed by atoms with E-state index in [1.807, 2.05) is 12.2 Å². The standard InChI is InChI=1S/C14H21NO3S/c1-3-4-5-6-7-8-13(17)11-14(19)18-10-9-15-12(2)16/h5-8H,3-4,9-11H2,1-2H3,(H,15,16)/b6-5+,8-7+. The molecule has 0 aliphatic heterocycles. The molecule has 0 radical (unpaired) electrons. The zero-order chi connectivity index (χ0) is 14.5. The van der Waals surface area contributed by atoms with E-state index in [-0.39, 0.29) is 29.8 Å². The number of ketones is 1. The zero-order valence-electron chi connectivity index (χ0n) is 11.5. The van der Waals surface area contributed by atoms with Crippen molar-refractivity contribution in [2.75, 3.05) is 13.2 Å². The van der Waals surface area contributed by atoms with Gasteiger partial charge in [-0.1, -0.05) is 31.6 Å². The van der Waals surface area contributed by atoms with Gasteiger partial charge in [0.15, 0.2) is 10.8 Å². The maximum Gasteiger partial charge on any atom is 0.216 e. The SMILES string of the molecule is CCC/C=C/C=C/C(=O)CC(=S)OCCNC(C)=O. The first-order valence-electron chi connectivity index (χ1n) is 6.32. The van der Waals surface area contributed by atoms with Gasteiger partial charge in [-0.2, -0.15) is 0 Å². The molecule has 0 spiro atoms. The Hall–Kier alpha value is -1.49. The molecule has 0 aromatic carbocycles. The van der Waals surface area contributed by atoms with Gasteiger partial charge >= 0.3 is 0 Å². The Morgan fingerprint density at radius 3 is 2.68 bits per heavy atom. The highest BCUT2D eigenvalue weighted by Gasteiger charge is 2.03. The van der Waals surface area contributed by atoms with E-state index < -0.39 is 0 Å². The van der Waals surface area contributed by atoms with Gasteiger partial charge in [0, 0.05) is 6.92 Å². The number of ether oxygens (including phenoxy) is 1. The van der Waals surface area contributed by atoms with Crippen molar-refractivity contribution in [2.24, 2.45) is 0 Å². The van der Waals surface area contributed by atoms with Crippen molar-refractivity contribution in [3.05, 3.63) is 24.3 Å². The number of thiocarbonyl (C=S) groups is 1. The van der Waals surface area contributed by atoms with E-state index in [9.17, 15) is 9.59 Å². The highest BCUT2D eigenvalue weighted by atomic mass is 32.1. The molecule has 0 fully saturated rings. The maximum absolute atomic E-state index is 11.5. The lowest BCUT2D eigenvalue weighted by Crippen LogP contribution is -2.25. The van der Waals surface area contributed by atoms with Crippen molar-refractivity contribution in [1.82, 2.24) is 5.32 Å². The van der Waals surface area contributed by atoms with Gasteiger partial charge in [0.25, 0.3) is 0 Å². The first kappa shape index (κ1) is 17.5. The Balaban J connectivity index is 3.74. The number of rotatable bonds is 9. The lowest BCUT2D eigenvalue weighted by molar-refractivity contribution is -0.119. The number of hydrogen-bond donors (Lipinski definition) is 1. The van der Waals surface area contributed by atoms with Gasteiger partial charge in [-0.05, 0) is 24.7 Å². The van der Waals surface area contributed by atoms with Gasteiger partial charge in [-0.15, -0.1) is 0 Å². The van der Waals surface area contributed by atoms with Crippen LogP contribution in [0.5, 0.6) is 0 Å². The maximum atomic E-state index is 11.5. The van der Waals surface area contributed by atoms with Crippen molar-refractivity contribution >= 4 is 29.0 Å². The summed E-state index contributed by atoms with van der Waals surface area (Å²) in [6.07, 6.45) is 9.23. The third kappa shape index (κ3) is 12.8. The summed E-state index contributed by atoms with van der Waals surface area (Å²) in [7, 11) is 0. The Labute approximate surface area is 119 Å². The molecular weight excluding hydrogens is 262 g/mol. The van der Waals surface area contributed by atoms with Crippen LogP contribution in [0.25, 0.3) is 0 Å². The van der Waals surface area contributed by atoms with E-state index in [0.29, 0.717) is 6.54 Å². The van der Waals surface area contributed by atoms with Crippen LogP contribution >= 0.6 is 12.2 Å². The van der Waals surface area contributed by atoms with Crippen LogP contribution < -0.4 is 5.32 Å². The van der Waals surface area contributed by atoms with Crippen LogP contribution in [0.2, 0.25) is 0 Å². The molecule has 0 rings (SSSR count). The molecule has 0 bridgehead atoms. The van der Waals surface area contributed by atoms with E-state index in [1.165, 1.54) is 13.0 Å². The minimum Gasteiger partial charge on any atom is -0.485 e. The fourth-order valence-electron chi connectivity index (χ4n) is 1.15. The summed E-state index contributed by atoms with van der Waals surface area (Å²) in [5, 5.41) is 2.82. The van der Waals surface area contributed by atoms with Crippen LogP contribution in [-0.4, -0.2) is 29.9 Å². The van der Waals surface area contributed by atoms with Gasteiger partial charge in [-0.3, -0.25) is 9.59 Å². The monoisotopic (exact) mass is 283 g/mol. The molecular formula is C14H21NO3S. The van der Waals surface area contributed by atoms with Gasteiger partial charge in [-0.25, -0.2) is 0 Å². The van der Waals surface area contributed by atoms with E-state index >= 15 is 0 Å². The number of unbranched alkanes of at least 4 members (excludes halogenated alkanes) is 1. The fraction of sp³-hybridized carbons (Fsp3) is 0.500. The molecule has 0 heterocycles. The van der Waals surface area contributed by atoms with E-state index in [1.54, 1.807) is 6.08 Å². The van der Waals surface area contributed by atoms with Crippen LogP contribution in [0.4, 0.5) is 0 Å². The smallest absolute Gasteiger partial charge is 0.216 e. The summed E-state index contributed by atoms with van der Waals surface area (Å²) in [6, 6.07) is 0. The number of amides is 1. The molecule has 0 aromatic rings. The predicted molar refractivity (Wildman–Crippen MR) is 80.0 cm³/mol. The molecule has 1 amide bonds. The molecule has 5 heteroatoms. The molecule has 0 saturated carbocycles. The predicted octanol–water partition coefficient (Wildman–Crippen LogP) is 2.34. The third-order valence-electron chi connectivity index (χ3n) is 2.04. The van der Waals surface area contributed by atoms with Crippen LogP contribution in [0.3, 0.4) is 0 Å². The molecule has 0 aliphatic rings. The molecule has 1 N–H and O–H groups in total. The summed E-state index contributed by atoms with van der Waals surface area (Å²) < 4.78 is 5.15. The molecule has 4 nitrogen and oxygen atoms in total. The number of nitrogens with one attached hydrogen (secondary N) is 1. The highest BCUT2D eigenvalue weighted by Crippen LogP contribution is 1.95. The summed E-state index contributed by atoms with van der Waals surface area (Å²) in [5.74, 6) is -0.210. The molecule has 19 heavy (non-hydrogen) atoms. The van der Waals surface area contributed by atoms with Crippen LogP contribution in [-0.2, 0) is 14.3 Å². The number of carbonyl (C=O) groups is 2. The van der Waals surface area contributed by atoms with Crippen molar-refractivity contribution in [3.63, 3.8) is 0 Å². The topological polar surface area (TPSA) is 55.4 Å². The average molecular weight is 283 g/mol. The van der Waals surface area contributed by atoms with E-state index in [4.69, 9.17) is 17.0 Å². The van der Waals surface area contributed by atoms with Gasteiger partial charge < -0.3 is 10.1 Å². The zero-order valence-corrected chi connectivity index (χ0v) is 12.3. The highest BCUT2D eigenvalue weighted by molar-refractivity contribution is 7.80. The Bertz CT molecular complexity index is 362.